The summed E-state index contributed by atoms with van der Waals surface area (Å²) in [6.45, 7) is 4.62. The summed E-state index contributed by atoms with van der Waals surface area (Å²) in [4.78, 5) is 12.6. The first-order valence-electron chi connectivity index (χ1n) is 10.4. The molecule has 0 radical (unpaired) electrons. The van der Waals surface area contributed by atoms with E-state index in [4.69, 9.17) is 9.47 Å². The predicted octanol–water partition coefficient (Wildman–Crippen LogP) is 3.41. The minimum absolute atomic E-state index is 0.156. The summed E-state index contributed by atoms with van der Waals surface area (Å²) in [5, 5.41) is 21.7. The van der Waals surface area contributed by atoms with Crippen LogP contribution in [0, 0.1) is 11.3 Å². The molecule has 0 bridgehead atoms. The van der Waals surface area contributed by atoms with Gasteiger partial charge in [0.05, 0.1) is 11.8 Å². The Bertz CT molecular complexity index is 993. The standard InChI is InChI=1S/C22H25N5O3S/c1-2-12-27-20(18-13-29-16-8-4-5-9-17(16)30-18)25-26-21(27)31-14-19(28)24-22(15-23)10-6-3-7-11-22/h2,4-5,8-9,18H,1,3,6-7,10-14H2,(H,24,28)/t18-/m1/s1. The Morgan fingerprint density at radius 1 is 1.32 bits per heavy atom. The maximum absolute atomic E-state index is 12.6. The minimum atomic E-state index is -0.740. The van der Waals surface area contributed by atoms with Crippen molar-refractivity contribution in [3.8, 4) is 17.6 Å². The van der Waals surface area contributed by atoms with Gasteiger partial charge in [-0.3, -0.25) is 9.36 Å². The summed E-state index contributed by atoms with van der Waals surface area (Å²) in [5.74, 6) is 1.97. The number of carbonyl (C=O) groups excluding carboxylic acids is 1. The van der Waals surface area contributed by atoms with Gasteiger partial charge < -0.3 is 14.8 Å². The quantitative estimate of drug-likeness (QED) is 0.521. The van der Waals surface area contributed by atoms with Crippen LogP contribution in [-0.2, 0) is 11.3 Å². The molecule has 162 valence electrons. The van der Waals surface area contributed by atoms with Crippen molar-refractivity contribution in [2.24, 2.45) is 0 Å². The second kappa shape index (κ2) is 9.43. The number of amides is 1. The number of hydrogen-bond donors (Lipinski definition) is 1. The molecular weight excluding hydrogens is 414 g/mol. The third-order valence-electron chi connectivity index (χ3n) is 5.49. The van der Waals surface area contributed by atoms with Gasteiger partial charge in [0.2, 0.25) is 5.91 Å². The molecule has 1 saturated carbocycles. The van der Waals surface area contributed by atoms with E-state index in [9.17, 15) is 10.1 Å². The van der Waals surface area contributed by atoms with Crippen molar-refractivity contribution >= 4 is 17.7 Å². The highest BCUT2D eigenvalue weighted by molar-refractivity contribution is 7.99. The zero-order chi connectivity index (χ0) is 21.7. The van der Waals surface area contributed by atoms with Crippen LogP contribution in [0.25, 0.3) is 0 Å². The molecule has 2 aromatic rings. The van der Waals surface area contributed by atoms with E-state index in [0.29, 0.717) is 48.5 Å². The number of nitrogens with zero attached hydrogens (tertiary/aromatic N) is 4. The lowest BCUT2D eigenvalue weighted by atomic mass is 9.83. The number of para-hydroxylation sites is 2. The Kier molecular flexibility index (Phi) is 6.47. The van der Waals surface area contributed by atoms with Gasteiger partial charge in [0.15, 0.2) is 28.6 Å². The lowest BCUT2D eigenvalue weighted by Crippen LogP contribution is -2.49. The summed E-state index contributed by atoms with van der Waals surface area (Å²) in [6, 6.07) is 9.81. The van der Waals surface area contributed by atoms with Crippen molar-refractivity contribution in [3.05, 3.63) is 42.7 Å². The average molecular weight is 440 g/mol. The van der Waals surface area contributed by atoms with Gasteiger partial charge in [-0.1, -0.05) is 49.2 Å². The molecule has 1 N–H and O–H groups in total. The number of thioether (sulfide) groups is 1. The molecule has 1 fully saturated rings. The molecule has 2 heterocycles. The van der Waals surface area contributed by atoms with E-state index in [0.717, 1.165) is 19.3 Å². The monoisotopic (exact) mass is 439 g/mol. The number of aromatic nitrogens is 3. The van der Waals surface area contributed by atoms with E-state index in [-0.39, 0.29) is 11.7 Å². The Morgan fingerprint density at radius 3 is 2.84 bits per heavy atom. The number of benzene rings is 1. The number of ether oxygens (including phenoxy) is 2. The zero-order valence-corrected chi connectivity index (χ0v) is 18.1. The highest BCUT2D eigenvalue weighted by Crippen LogP contribution is 2.36. The third kappa shape index (κ3) is 4.69. The summed E-state index contributed by atoms with van der Waals surface area (Å²) in [7, 11) is 0. The van der Waals surface area contributed by atoms with Gasteiger partial charge >= 0.3 is 0 Å². The molecule has 9 heteroatoms. The van der Waals surface area contributed by atoms with Gasteiger partial charge in [0.1, 0.15) is 12.1 Å². The lowest BCUT2D eigenvalue weighted by molar-refractivity contribution is -0.120. The smallest absolute Gasteiger partial charge is 0.231 e. The van der Waals surface area contributed by atoms with E-state index in [1.165, 1.54) is 11.8 Å². The first-order chi connectivity index (χ1) is 15.1. The van der Waals surface area contributed by atoms with E-state index in [1.807, 2.05) is 28.8 Å². The highest BCUT2D eigenvalue weighted by Gasteiger charge is 2.34. The molecule has 1 amide bonds. The molecule has 1 aliphatic carbocycles. The van der Waals surface area contributed by atoms with Gasteiger partial charge in [-0.15, -0.1) is 16.8 Å². The second-order valence-corrected chi connectivity index (χ2v) is 8.64. The number of nitrogens with one attached hydrogen (secondary N) is 1. The van der Waals surface area contributed by atoms with Crippen LogP contribution < -0.4 is 14.8 Å². The first kappa shape index (κ1) is 21.2. The summed E-state index contributed by atoms with van der Waals surface area (Å²) >= 11 is 1.29. The van der Waals surface area contributed by atoms with Crippen LogP contribution in [0.4, 0.5) is 0 Å². The zero-order valence-electron chi connectivity index (χ0n) is 17.2. The molecule has 0 spiro atoms. The molecular formula is C22H25N5O3S. The number of rotatable bonds is 7. The topological polar surface area (TPSA) is 102 Å². The summed E-state index contributed by atoms with van der Waals surface area (Å²) < 4.78 is 13.8. The molecule has 0 saturated heterocycles. The fraction of sp³-hybridized carbons (Fsp3) is 0.455. The molecule has 1 aromatic carbocycles. The van der Waals surface area contributed by atoms with Crippen molar-refractivity contribution in [1.82, 2.24) is 20.1 Å². The largest absolute Gasteiger partial charge is 0.485 e. The molecule has 31 heavy (non-hydrogen) atoms. The van der Waals surface area contributed by atoms with E-state index in [1.54, 1.807) is 6.08 Å². The van der Waals surface area contributed by atoms with Crippen molar-refractivity contribution in [2.45, 2.75) is 55.4 Å². The van der Waals surface area contributed by atoms with E-state index >= 15 is 0 Å². The number of hydrogen-bond acceptors (Lipinski definition) is 7. The van der Waals surface area contributed by atoms with Gasteiger partial charge in [-0.25, -0.2) is 0 Å². The number of fused-ring (bicyclic) bond motifs is 1. The van der Waals surface area contributed by atoms with Crippen molar-refractivity contribution in [1.29, 1.82) is 5.26 Å². The van der Waals surface area contributed by atoms with Crippen LogP contribution in [0.15, 0.2) is 42.1 Å². The van der Waals surface area contributed by atoms with Gasteiger partial charge in [-0.2, -0.15) is 5.26 Å². The first-order valence-corrected chi connectivity index (χ1v) is 11.4. The maximum Gasteiger partial charge on any atom is 0.231 e. The average Bonchev–Trinajstić information content (AvgIpc) is 3.21. The fourth-order valence-electron chi connectivity index (χ4n) is 3.95. The number of nitriles is 1. The third-order valence-corrected chi connectivity index (χ3v) is 6.45. The Balaban J connectivity index is 1.43. The van der Waals surface area contributed by atoms with Crippen LogP contribution in [0.5, 0.6) is 11.5 Å². The highest BCUT2D eigenvalue weighted by atomic mass is 32.2. The van der Waals surface area contributed by atoms with Gasteiger partial charge in [0.25, 0.3) is 0 Å². The van der Waals surface area contributed by atoms with Crippen LogP contribution in [0.2, 0.25) is 0 Å². The van der Waals surface area contributed by atoms with Crippen molar-refractivity contribution in [3.63, 3.8) is 0 Å². The SMILES string of the molecule is C=CCn1c(SCC(=O)NC2(C#N)CCCCC2)nnc1[C@H]1COc2ccccc2O1. The number of carbonyl (C=O) groups is 1. The Labute approximate surface area is 185 Å². The summed E-state index contributed by atoms with van der Waals surface area (Å²) in [5.41, 5.74) is -0.740. The van der Waals surface area contributed by atoms with E-state index < -0.39 is 11.6 Å². The van der Waals surface area contributed by atoms with Gasteiger partial charge in [-0.05, 0) is 25.0 Å². The molecule has 1 atom stereocenters. The van der Waals surface area contributed by atoms with Crippen LogP contribution in [0.1, 0.15) is 44.0 Å². The molecule has 8 nitrogen and oxygen atoms in total. The van der Waals surface area contributed by atoms with Crippen molar-refractivity contribution < 1.29 is 14.3 Å². The number of allylic oxidation sites excluding steroid dienone is 1. The Hall–Kier alpha value is -2.99. The van der Waals surface area contributed by atoms with E-state index in [2.05, 4.69) is 28.2 Å². The normalized spacial score (nSPS) is 19.3. The molecule has 1 aromatic heterocycles. The maximum atomic E-state index is 12.6. The molecule has 1 aliphatic heterocycles. The predicted molar refractivity (Wildman–Crippen MR) is 116 cm³/mol. The molecule has 0 unspecified atom stereocenters. The fourth-order valence-corrected chi connectivity index (χ4v) is 4.70. The second-order valence-electron chi connectivity index (χ2n) is 7.70. The van der Waals surface area contributed by atoms with Gasteiger partial charge in [0, 0.05) is 6.54 Å². The minimum Gasteiger partial charge on any atom is -0.485 e. The van der Waals surface area contributed by atoms with Crippen LogP contribution in [-0.4, -0.2) is 38.6 Å². The van der Waals surface area contributed by atoms with Crippen molar-refractivity contribution in [2.75, 3.05) is 12.4 Å². The molecule has 2 aliphatic rings. The van der Waals surface area contributed by atoms with Crippen LogP contribution >= 0.6 is 11.8 Å². The Morgan fingerprint density at radius 2 is 2.10 bits per heavy atom. The lowest BCUT2D eigenvalue weighted by Gasteiger charge is -2.31. The summed E-state index contributed by atoms with van der Waals surface area (Å²) in [6.07, 6.45) is 5.79. The molecule has 4 rings (SSSR count). The van der Waals surface area contributed by atoms with Crippen LogP contribution in [0.3, 0.4) is 0 Å².